The molecule has 0 aliphatic rings. The van der Waals surface area contributed by atoms with Crippen LogP contribution in [-0.4, -0.2) is 18.2 Å². The Hall–Kier alpha value is -3.18. The third-order valence-corrected chi connectivity index (χ3v) is 4.60. The molecule has 0 saturated carbocycles. The fourth-order valence-electron chi connectivity index (χ4n) is 2.73. The molecule has 6 heteroatoms. The molecule has 5 nitrogen and oxygen atoms in total. The van der Waals surface area contributed by atoms with Crippen LogP contribution in [0.5, 0.6) is 11.5 Å². The predicted molar refractivity (Wildman–Crippen MR) is 110 cm³/mol. The van der Waals surface area contributed by atoms with Gasteiger partial charge in [-0.25, -0.2) is 4.79 Å². The minimum absolute atomic E-state index is 0.187. The van der Waals surface area contributed by atoms with Gasteiger partial charge < -0.3 is 19.9 Å². The number of rotatable bonds is 8. The summed E-state index contributed by atoms with van der Waals surface area (Å²) in [4.78, 5) is 11.2. The first kappa shape index (κ1) is 19.6. The van der Waals surface area contributed by atoms with E-state index in [2.05, 4.69) is 5.32 Å². The molecule has 0 aromatic heterocycles. The Morgan fingerprint density at radius 1 is 1.00 bits per heavy atom. The number of carboxylic acid groups (broad SMARTS) is 1. The molecule has 3 aromatic rings. The molecule has 0 amide bonds. The molecule has 28 heavy (non-hydrogen) atoms. The van der Waals surface area contributed by atoms with Crippen molar-refractivity contribution in [3.8, 4) is 11.5 Å². The molecule has 0 radical (unpaired) electrons. The molecule has 144 valence electrons. The minimum atomic E-state index is -0.992. The maximum atomic E-state index is 11.2. The van der Waals surface area contributed by atoms with Crippen molar-refractivity contribution >= 4 is 23.3 Å². The van der Waals surface area contributed by atoms with Crippen molar-refractivity contribution in [2.75, 3.05) is 12.4 Å². The number of ether oxygens (including phenoxy) is 2. The van der Waals surface area contributed by atoms with Crippen LogP contribution in [-0.2, 0) is 13.2 Å². The van der Waals surface area contributed by atoms with Gasteiger partial charge >= 0.3 is 5.97 Å². The number of para-hydroxylation sites is 1. The summed E-state index contributed by atoms with van der Waals surface area (Å²) in [7, 11) is 1.54. The Balaban J connectivity index is 1.74. The first-order valence-corrected chi connectivity index (χ1v) is 9.05. The summed E-state index contributed by atoms with van der Waals surface area (Å²) >= 11 is 6.19. The zero-order valence-electron chi connectivity index (χ0n) is 15.3. The molecule has 2 N–H and O–H groups in total. The summed E-state index contributed by atoms with van der Waals surface area (Å²) in [5, 5.41) is 13.1. The van der Waals surface area contributed by atoms with E-state index in [0.29, 0.717) is 29.6 Å². The Labute approximate surface area is 168 Å². The van der Waals surface area contributed by atoms with Gasteiger partial charge in [0.05, 0.1) is 18.4 Å². The summed E-state index contributed by atoms with van der Waals surface area (Å²) in [5.41, 5.74) is 2.62. The van der Waals surface area contributed by atoms with E-state index in [1.165, 1.54) is 6.07 Å². The maximum Gasteiger partial charge on any atom is 0.335 e. The monoisotopic (exact) mass is 397 g/mol. The van der Waals surface area contributed by atoms with E-state index in [1.807, 2.05) is 48.5 Å². The summed E-state index contributed by atoms with van der Waals surface area (Å²) < 4.78 is 11.3. The average molecular weight is 398 g/mol. The van der Waals surface area contributed by atoms with E-state index in [9.17, 15) is 9.90 Å². The van der Waals surface area contributed by atoms with E-state index in [-0.39, 0.29) is 5.56 Å². The van der Waals surface area contributed by atoms with Crippen molar-refractivity contribution < 1.29 is 19.4 Å². The summed E-state index contributed by atoms with van der Waals surface area (Å²) in [6, 6.07) is 19.9. The number of hydrogen-bond acceptors (Lipinski definition) is 4. The fourth-order valence-corrected chi connectivity index (χ4v) is 2.92. The van der Waals surface area contributed by atoms with Gasteiger partial charge in [-0.3, -0.25) is 0 Å². The number of nitrogens with one attached hydrogen (secondary N) is 1. The van der Waals surface area contributed by atoms with Crippen LogP contribution in [0, 0.1) is 0 Å². The molecule has 3 rings (SSSR count). The smallest absolute Gasteiger partial charge is 0.335 e. The van der Waals surface area contributed by atoms with Crippen LogP contribution in [0.15, 0.2) is 66.7 Å². The van der Waals surface area contributed by atoms with Gasteiger partial charge in [0.15, 0.2) is 0 Å². The van der Waals surface area contributed by atoms with Crippen molar-refractivity contribution in [2.24, 2.45) is 0 Å². The van der Waals surface area contributed by atoms with Crippen molar-refractivity contribution in [2.45, 2.75) is 13.2 Å². The van der Waals surface area contributed by atoms with Gasteiger partial charge in [0.2, 0.25) is 0 Å². The second kappa shape index (κ2) is 9.15. The number of halogens is 1. The standard InChI is InChI=1S/C22H20ClNO4/c1-27-21-11-10-15(22(25)26)12-19(21)24-13-16-6-3-5-9-20(16)28-14-17-7-2-4-8-18(17)23/h2-12,24H,13-14H2,1H3,(H,25,26). The summed E-state index contributed by atoms with van der Waals surface area (Å²) in [6.45, 7) is 0.798. The highest BCUT2D eigenvalue weighted by molar-refractivity contribution is 6.31. The van der Waals surface area contributed by atoms with E-state index in [4.69, 9.17) is 21.1 Å². The minimum Gasteiger partial charge on any atom is -0.495 e. The molecular weight excluding hydrogens is 378 g/mol. The first-order valence-electron chi connectivity index (χ1n) is 8.68. The zero-order chi connectivity index (χ0) is 19.9. The molecule has 0 fully saturated rings. The molecule has 0 heterocycles. The predicted octanol–water partition coefficient (Wildman–Crippen LogP) is 5.24. The third-order valence-electron chi connectivity index (χ3n) is 4.23. The largest absolute Gasteiger partial charge is 0.495 e. The van der Waals surface area contributed by atoms with Crippen molar-refractivity contribution in [1.29, 1.82) is 0 Å². The summed E-state index contributed by atoms with van der Waals surface area (Å²) in [5.74, 6) is 0.303. The van der Waals surface area contributed by atoms with Crippen LogP contribution in [0.2, 0.25) is 5.02 Å². The fraction of sp³-hybridized carbons (Fsp3) is 0.136. The van der Waals surface area contributed by atoms with Crippen LogP contribution in [0.1, 0.15) is 21.5 Å². The highest BCUT2D eigenvalue weighted by atomic mass is 35.5. The molecule has 0 spiro atoms. The molecule has 0 aliphatic carbocycles. The number of hydrogen-bond donors (Lipinski definition) is 2. The number of anilines is 1. The van der Waals surface area contributed by atoms with E-state index < -0.39 is 5.97 Å². The van der Waals surface area contributed by atoms with Crippen molar-refractivity contribution in [3.63, 3.8) is 0 Å². The Kier molecular flexibility index (Phi) is 6.40. The van der Waals surface area contributed by atoms with Gasteiger partial charge in [0.1, 0.15) is 18.1 Å². The van der Waals surface area contributed by atoms with Gasteiger partial charge in [-0.2, -0.15) is 0 Å². The SMILES string of the molecule is COc1ccc(C(=O)O)cc1NCc1ccccc1OCc1ccccc1Cl. The molecule has 0 saturated heterocycles. The number of carbonyl (C=O) groups is 1. The lowest BCUT2D eigenvalue weighted by molar-refractivity contribution is 0.0697. The van der Waals surface area contributed by atoms with Gasteiger partial charge in [0.25, 0.3) is 0 Å². The lowest BCUT2D eigenvalue weighted by atomic mass is 10.1. The van der Waals surface area contributed by atoms with Crippen LogP contribution < -0.4 is 14.8 Å². The number of benzene rings is 3. The molecule has 0 unspecified atom stereocenters. The summed E-state index contributed by atoms with van der Waals surface area (Å²) in [6.07, 6.45) is 0. The molecule has 0 atom stereocenters. The van der Waals surface area contributed by atoms with Crippen LogP contribution >= 0.6 is 11.6 Å². The van der Waals surface area contributed by atoms with Crippen LogP contribution in [0.4, 0.5) is 5.69 Å². The Morgan fingerprint density at radius 3 is 2.43 bits per heavy atom. The van der Waals surface area contributed by atoms with Crippen molar-refractivity contribution in [3.05, 3.63) is 88.4 Å². The highest BCUT2D eigenvalue weighted by Gasteiger charge is 2.10. The normalized spacial score (nSPS) is 10.4. The second-order valence-electron chi connectivity index (χ2n) is 6.06. The molecule has 3 aromatic carbocycles. The lowest BCUT2D eigenvalue weighted by Gasteiger charge is -2.15. The van der Waals surface area contributed by atoms with Crippen LogP contribution in [0.25, 0.3) is 0 Å². The molecule has 0 bridgehead atoms. The van der Waals surface area contributed by atoms with E-state index in [1.54, 1.807) is 19.2 Å². The quantitative estimate of drug-likeness (QED) is 0.544. The Bertz CT molecular complexity index is 974. The Morgan fingerprint density at radius 2 is 1.71 bits per heavy atom. The van der Waals surface area contributed by atoms with E-state index >= 15 is 0 Å². The topological polar surface area (TPSA) is 67.8 Å². The number of carboxylic acids is 1. The maximum absolute atomic E-state index is 11.2. The van der Waals surface area contributed by atoms with Gasteiger partial charge in [-0.15, -0.1) is 0 Å². The lowest BCUT2D eigenvalue weighted by Crippen LogP contribution is -2.06. The third kappa shape index (κ3) is 4.75. The van der Waals surface area contributed by atoms with Crippen molar-refractivity contribution in [1.82, 2.24) is 0 Å². The molecular formula is C22H20ClNO4. The number of methoxy groups -OCH3 is 1. The van der Waals surface area contributed by atoms with Gasteiger partial charge in [-0.1, -0.05) is 48.0 Å². The van der Waals surface area contributed by atoms with Gasteiger partial charge in [-0.05, 0) is 30.3 Å². The highest BCUT2D eigenvalue weighted by Crippen LogP contribution is 2.28. The first-order chi connectivity index (χ1) is 13.6. The van der Waals surface area contributed by atoms with E-state index in [0.717, 1.165) is 16.9 Å². The second-order valence-corrected chi connectivity index (χ2v) is 6.47. The van der Waals surface area contributed by atoms with Crippen LogP contribution in [0.3, 0.4) is 0 Å². The molecule has 0 aliphatic heterocycles. The number of aromatic carboxylic acids is 1. The average Bonchev–Trinajstić information content (AvgIpc) is 2.72. The van der Waals surface area contributed by atoms with Gasteiger partial charge in [0, 0.05) is 22.7 Å². The zero-order valence-corrected chi connectivity index (χ0v) is 16.1.